The normalized spacial score (nSPS) is 12.7. The van der Waals surface area contributed by atoms with Crippen molar-refractivity contribution in [3.63, 3.8) is 0 Å². The van der Waals surface area contributed by atoms with E-state index in [-0.39, 0.29) is 18.3 Å². The summed E-state index contributed by atoms with van der Waals surface area (Å²) in [4.78, 5) is 0. The van der Waals surface area contributed by atoms with Crippen molar-refractivity contribution in [1.82, 2.24) is 0 Å². The Balaban J connectivity index is 3.48. The SMILES string of the molecule is Cc1ccc([Si](OC(C)C)(OC(C)C)OC(C)C)c(C)c1C. The predicted octanol–water partition coefficient (Wildman–Crippen LogP) is 4.03. The first-order valence-electron chi connectivity index (χ1n) is 8.19. The minimum atomic E-state index is -2.96. The third-order valence-corrected chi connectivity index (χ3v) is 7.11. The first-order chi connectivity index (χ1) is 10.1. The van der Waals surface area contributed by atoms with E-state index < -0.39 is 8.80 Å². The topological polar surface area (TPSA) is 27.7 Å². The average molecular weight is 325 g/mol. The Hall–Kier alpha value is -0.683. The highest BCUT2D eigenvalue weighted by atomic mass is 28.4. The van der Waals surface area contributed by atoms with Gasteiger partial charge in [-0.3, -0.25) is 0 Å². The van der Waals surface area contributed by atoms with Gasteiger partial charge >= 0.3 is 8.80 Å². The molecule has 0 aromatic heterocycles. The molecule has 0 aliphatic carbocycles. The van der Waals surface area contributed by atoms with Gasteiger partial charge in [-0.25, -0.2) is 0 Å². The lowest BCUT2D eigenvalue weighted by atomic mass is 10.1. The summed E-state index contributed by atoms with van der Waals surface area (Å²) in [5, 5.41) is 1.09. The van der Waals surface area contributed by atoms with Gasteiger partial charge in [0.15, 0.2) is 0 Å². The molecule has 0 amide bonds. The molecule has 4 heteroatoms. The van der Waals surface area contributed by atoms with Crippen LogP contribution in [-0.2, 0) is 13.3 Å². The van der Waals surface area contributed by atoms with Gasteiger partial charge in [-0.05, 0) is 79.0 Å². The molecule has 0 heterocycles. The number of hydrogen-bond acceptors (Lipinski definition) is 3. The Morgan fingerprint density at radius 3 is 1.45 bits per heavy atom. The fraction of sp³-hybridized carbons (Fsp3) is 0.667. The molecule has 0 aliphatic heterocycles. The van der Waals surface area contributed by atoms with Crippen molar-refractivity contribution >= 4 is 14.0 Å². The Morgan fingerprint density at radius 1 is 0.682 bits per heavy atom. The van der Waals surface area contributed by atoms with Gasteiger partial charge in [0.1, 0.15) is 0 Å². The van der Waals surface area contributed by atoms with Crippen molar-refractivity contribution in [3.8, 4) is 0 Å². The van der Waals surface area contributed by atoms with Crippen molar-refractivity contribution in [2.75, 3.05) is 0 Å². The summed E-state index contributed by atoms with van der Waals surface area (Å²) in [6, 6.07) is 4.26. The highest BCUT2D eigenvalue weighted by Crippen LogP contribution is 2.22. The van der Waals surface area contributed by atoms with Crippen LogP contribution in [0.4, 0.5) is 0 Å². The summed E-state index contributed by atoms with van der Waals surface area (Å²) >= 11 is 0. The van der Waals surface area contributed by atoms with Crippen LogP contribution in [-0.4, -0.2) is 27.1 Å². The fourth-order valence-electron chi connectivity index (χ4n) is 2.49. The van der Waals surface area contributed by atoms with Crippen LogP contribution in [0.3, 0.4) is 0 Å². The van der Waals surface area contributed by atoms with Crippen LogP contribution >= 0.6 is 0 Å². The molecule has 0 bridgehead atoms. The van der Waals surface area contributed by atoms with Crippen molar-refractivity contribution in [1.29, 1.82) is 0 Å². The monoisotopic (exact) mass is 324 g/mol. The van der Waals surface area contributed by atoms with E-state index in [1.807, 2.05) is 41.5 Å². The zero-order chi connectivity index (χ0) is 17.1. The van der Waals surface area contributed by atoms with Gasteiger partial charge in [-0.1, -0.05) is 12.1 Å². The van der Waals surface area contributed by atoms with Crippen LogP contribution in [0.5, 0.6) is 0 Å². The van der Waals surface area contributed by atoms with Crippen molar-refractivity contribution in [2.24, 2.45) is 0 Å². The molecule has 0 fully saturated rings. The molecule has 3 nitrogen and oxygen atoms in total. The molecule has 0 atom stereocenters. The van der Waals surface area contributed by atoms with Gasteiger partial charge in [0.2, 0.25) is 0 Å². The zero-order valence-corrected chi connectivity index (χ0v) is 16.6. The lowest BCUT2D eigenvalue weighted by molar-refractivity contribution is 0.0152. The third kappa shape index (κ3) is 4.65. The van der Waals surface area contributed by atoms with Crippen LogP contribution in [0, 0.1) is 20.8 Å². The van der Waals surface area contributed by atoms with E-state index >= 15 is 0 Å². The fourth-order valence-corrected chi connectivity index (χ4v) is 5.84. The van der Waals surface area contributed by atoms with E-state index in [2.05, 4.69) is 32.9 Å². The summed E-state index contributed by atoms with van der Waals surface area (Å²) in [6.45, 7) is 18.6. The lowest BCUT2D eigenvalue weighted by Crippen LogP contribution is -2.61. The van der Waals surface area contributed by atoms with Crippen LogP contribution in [0.25, 0.3) is 0 Å². The smallest absolute Gasteiger partial charge is 0.367 e. The van der Waals surface area contributed by atoms with E-state index in [0.717, 1.165) is 5.19 Å². The van der Waals surface area contributed by atoms with Gasteiger partial charge in [-0.2, -0.15) is 0 Å². The number of hydrogen-bond donors (Lipinski definition) is 0. The summed E-state index contributed by atoms with van der Waals surface area (Å²) in [6.07, 6.45) is 0.139. The van der Waals surface area contributed by atoms with Crippen molar-refractivity contribution in [2.45, 2.75) is 80.6 Å². The molecule has 0 spiro atoms. The van der Waals surface area contributed by atoms with Gasteiger partial charge < -0.3 is 13.3 Å². The first kappa shape index (κ1) is 19.4. The quantitative estimate of drug-likeness (QED) is 0.709. The van der Waals surface area contributed by atoms with E-state index in [1.54, 1.807) is 0 Å². The second-order valence-electron chi connectivity index (χ2n) is 6.74. The van der Waals surface area contributed by atoms with Crippen LogP contribution < -0.4 is 5.19 Å². The molecule has 0 N–H and O–H groups in total. The summed E-state index contributed by atoms with van der Waals surface area (Å²) in [5.41, 5.74) is 3.78. The van der Waals surface area contributed by atoms with Gasteiger partial charge in [0.05, 0.1) is 0 Å². The Morgan fingerprint density at radius 2 is 1.09 bits per heavy atom. The molecular weight excluding hydrogens is 292 g/mol. The third-order valence-electron chi connectivity index (χ3n) is 3.56. The summed E-state index contributed by atoms with van der Waals surface area (Å²) in [7, 11) is -2.96. The Bertz CT molecular complexity index is 469. The van der Waals surface area contributed by atoms with Crippen LogP contribution in [0.2, 0.25) is 0 Å². The van der Waals surface area contributed by atoms with E-state index in [9.17, 15) is 0 Å². The number of rotatable bonds is 7. The largest absolute Gasteiger partial charge is 0.538 e. The molecule has 0 saturated carbocycles. The highest BCUT2D eigenvalue weighted by Gasteiger charge is 2.48. The Labute approximate surface area is 137 Å². The number of aryl methyl sites for hydroxylation is 1. The molecule has 0 saturated heterocycles. The molecule has 1 rings (SSSR count). The van der Waals surface area contributed by atoms with E-state index in [1.165, 1.54) is 16.7 Å². The number of benzene rings is 1. The zero-order valence-electron chi connectivity index (χ0n) is 15.6. The van der Waals surface area contributed by atoms with E-state index in [0.29, 0.717) is 0 Å². The minimum Gasteiger partial charge on any atom is -0.367 e. The van der Waals surface area contributed by atoms with Crippen LogP contribution in [0.1, 0.15) is 58.2 Å². The Kier molecular flexibility index (Phi) is 6.80. The average Bonchev–Trinajstić information content (AvgIpc) is 2.33. The highest BCUT2D eigenvalue weighted by molar-refractivity contribution is 6.76. The lowest BCUT2D eigenvalue weighted by Gasteiger charge is -2.35. The van der Waals surface area contributed by atoms with Gasteiger partial charge in [0.25, 0.3) is 0 Å². The maximum Gasteiger partial charge on any atom is 0.538 e. The molecule has 22 heavy (non-hydrogen) atoms. The predicted molar refractivity (Wildman–Crippen MR) is 94.7 cm³/mol. The minimum absolute atomic E-state index is 0.0465. The second-order valence-corrected chi connectivity index (χ2v) is 9.09. The maximum atomic E-state index is 6.32. The van der Waals surface area contributed by atoms with Crippen molar-refractivity contribution < 1.29 is 13.3 Å². The molecular formula is C18H32O3Si. The van der Waals surface area contributed by atoms with Gasteiger partial charge in [0, 0.05) is 23.5 Å². The molecule has 0 unspecified atom stereocenters. The first-order valence-corrected chi connectivity index (χ1v) is 9.92. The molecule has 0 radical (unpaired) electrons. The maximum absolute atomic E-state index is 6.32. The summed E-state index contributed by atoms with van der Waals surface area (Å²) in [5.74, 6) is 0. The molecule has 126 valence electrons. The molecule has 1 aromatic rings. The van der Waals surface area contributed by atoms with E-state index in [4.69, 9.17) is 13.3 Å². The molecule has 0 aliphatic rings. The molecule has 1 aromatic carbocycles. The van der Waals surface area contributed by atoms with Crippen LogP contribution in [0.15, 0.2) is 12.1 Å². The summed E-state index contributed by atoms with van der Waals surface area (Å²) < 4.78 is 18.9. The van der Waals surface area contributed by atoms with Gasteiger partial charge in [-0.15, -0.1) is 0 Å². The van der Waals surface area contributed by atoms with Crippen molar-refractivity contribution in [3.05, 3.63) is 28.8 Å². The standard InChI is InChI=1S/C18H32O3Si/c1-12(2)19-22(20-13(3)4,21-14(5)6)18-11-10-15(7)16(8)17(18)9/h10-14H,1-9H3. The second kappa shape index (κ2) is 7.73.